The molecule has 2 aromatic rings. The molecule has 4 heteroatoms. The van der Waals surface area contributed by atoms with Crippen LogP contribution in [0.1, 0.15) is 0 Å². The molecule has 0 spiro atoms. The van der Waals surface area contributed by atoms with Crippen LogP contribution in [0.25, 0.3) is 0 Å². The zero-order valence-electron chi connectivity index (χ0n) is 8.51. The van der Waals surface area contributed by atoms with E-state index in [1.165, 1.54) is 0 Å². The summed E-state index contributed by atoms with van der Waals surface area (Å²) in [4.78, 5) is 7.46. The van der Waals surface area contributed by atoms with E-state index in [-0.39, 0.29) is 37.7 Å². The van der Waals surface area contributed by atoms with Crippen molar-refractivity contribution in [3.63, 3.8) is 0 Å². The molecule has 60 valence electrons. The van der Waals surface area contributed by atoms with Gasteiger partial charge in [-0.1, -0.05) is 24.8 Å². The number of hydrogen-bond donors (Lipinski definition) is 0. The molecule has 2 rings (SSSR count). The van der Waals surface area contributed by atoms with Gasteiger partial charge in [0.25, 0.3) is 0 Å². The van der Waals surface area contributed by atoms with Crippen LogP contribution < -0.4 is 37.7 Å². The van der Waals surface area contributed by atoms with E-state index in [0.717, 1.165) is 0 Å². The zero-order valence-corrected chi connectivity index (χ0v) is 8.51. The summed E-state index contributed by atoms with van der Waals surface area (Å²) in [6, 6.07) is 12.9. The molecule has 0 atom stereocenters. The summed E-state index contributed by atoms with van der Waals surface area (Å²) in [5.74, 6) is 0. The van der Waals surface area contributed by atoms with Gasteiger partial charge in [-0.2, -0.15) is 12.1 Å². The second-order valence-electron chi connectivity index (χ2n) is 1.91. The van der Waals surface area contributed by atoms with Crippen LogP contribution in [0.2, 0.25) is 0 Å². The Hall–Kier alpha value is -0.505. The molecule has 0 bridgehead atoms. The first-order valence-corrected chi connectivity index (χ1v) is 3.52. The maximum atomic E-state index is 3.73. The Morgan fingerprint density at radius 1 is 0.714 bits per heavy atom. The molecule has 2 aromatic heterocycles. The summed E-state index contributed by atoms with van der Waals surface area (Å²) in [5.41, 5.74) is 0. The van der Waals surface area contributed by atoms with Crippen LogP contribution in [0.3, 0.4) is 0 Å². The third-order valence-electron chi connectivity index (χ3n) is 1.03. The number of aromatic nitrogens is 2. The molecule has 0 unspecified atom stereocenters. The maximum Gasteiger partial charge on any atom is 1.00 e. The number of hydrogen-bond acceptors (Lipinski definition) is 2. The molecular formula is C10H8Li2N2. The van der Waals surface area contributed by atoms with Crippen LogP contribution >= 0.6 is 0 Å². The Labute approximate surface area is 109 Å². The molecular weight excluding hydrogens is 162 g/mol. The van der Waals surface area contributed by atoms with Gasteiger partial charge in [0.05, 0.1) is 0 Å². The van der Waals surface area contributed by atoms with Crippen molar-refractivity contribution in [2.45, 2.75) is 0 Å². The molecule has 0 aliphatic heterocycles. The summed E-state index contributed by atoms with van der Waals surface area (Å²) in [6.45, 7) is 0. The summed E-state index contributed by atoms with van der Waals surface area (Å²) >= 11 is 0. The van der Waals surface area contributed by atoms with Gasteiger partial charge in [0.15, 0.2) is 0 Å². The third-order valence-corrected chi connectivity index (χ3v) is 1.03. The van der Waals surface area contributed by atoms with Crippen LogP contribution in [0.5, 0.6) is 0 Å². The van der Waals surface area contributed by atoms with Gasteiger partial charge in [0.1, 0.15) is 0 Å². The van der Waals surface area contributed by atoms with Crippen LogP contribution in [-0.4, -0.2) is 9.97 Å². The summed E-state index contributed by atoms with van der Waals surface area (Å²) in [5, 5.41) is 0. The molecule has 2 nitrogen and oxygen atoms in total. The van der Waals surface area contributed by atoms with Gasteiger partial charge in [-0.15, -0.1) is 0 Å². The van der Waals surface area contributed by atoms with Gasteiger partial charge < -0.3 is 9.97 Å². The van der Waals surface area contributed by atoms with Crippen LogP contribution in [0.15, 0.2) is 49.1 Å². The Balaban J connectivity index is 0. The molecule has 0 aliphatic carbocycles. The standard InChI is InChI=1S/2C5H4N.2Li/c2*1-2-4-6-5-3-1;;/h2*1-2,4-5H;;/q2*-1;2*+1. The zero-order chi connectivity index (χ0) is 8.49. The molecule has 0 radical (unpaired) electrons. The fraction of sp³-hybridized carbons (Fsp3) is 0. The molecule has 0 saturated heterocycles. The Bertz CT molecular complexity index is 192. The predicted octanol–water partition coefficient (Wildman–Crippen LogP) is -4.23. The third kappa shape index (κ3) is 9.58. The Kier molecular flexibility index (Phi) is 14.2. The number of pyridine rings is 2. The largest absolute Gasteiger partial charge is 1.00 e. The fourth-order valence-electron chi connectivity index (χ4n) is 0.555. The topological polar surface area (TPSA) is 25.8 Å². The SMILES string of the molecule is [Li+].[Li+].[c-]1cccnc1.[c-]1cccnc1. The van der Waals surface area contributed by atoms with Crippen molar-refractivity contribution in [1.82, 2.24) is 9.97 Å². The van der Waals surface area contributed by atoms with Gasteiger partial charge in [-0.05, 0) is 0 Å². The van der Waals surface area contributed by atoms with E-state index in [4.69, 9.17) is 0 Å². The molecule has 2 heterocycles. The molecule has 0 N–H and O–H groups in total. The van der Waals surface area contributed by atoms with Gasteiger partial charge in [-0.3, -0.25) is 0 Å². The Morgan fingerprint density at radius 2 is 1.14 bits per heavy atom. The number of nitrogens with zero attached hydrogens (tertiary/aromatic N) is 2. The van der Waals surface area contributed by atoms with Crippen molar-refractivity contribution in [2.24, 2.45) is 0 Å². The average molecular weight is 170 g/mol. The van der Waals surface area contributed by atoms with E-state index in [9.17, 15) is 0 Å². The van der Waals surface area contributed by atoms with Gasteiger partial charge in [0, 0.05) is 0 Å². The summed E-state index contributed by atoms with van der Waals surface area (Å²) in [6.07, 6.45) is 6.69. The van der Waals surface area contributed by atoms with Crippen molar-refractivity contribution in [3.05, 3.63) is 61.2 Å². The van der Waals surface area contributed by atoms with Crippen LogP contribution in [0, 0.1) is 12.1 Å². The normalized spacial score (nSPS) is 6.86. The van der Waals surface area contributed by atoms with Crippen molar-refractivity contribution in [3.8, 4) is 0 Å². The van der Waals surface area contributed by atoms with E-state index in [1.807, 2.05) is 24.3 Å². The van der Waals surface area contributed by atoms with E-state index in [0.29, 0.717) is 0 Å². The second kappa shape index (κ2) is 12.5. The fourth-order valence-corrected chi connectivity index (χ4v) is 0.555. The van der Waals surface area contributed by atoms with E-state index >= 15 is 0 Å². The van der Waals surface area contributed by atoms with Crippen molar-refractivity contribution in [1.29, 1.82) is 0 Å². The molecule has 0 fully saturated rings. The Morgan fingerprint density at radius 3 is 1.21 bits per heavy atom. The summed E-state index contributed by atoms with van der Waals surface area (Å²) < 4.78 is 0. The van der Waals surface area contributed by atoms with Crippen LogP contribution in [-0.2, 0) is 0 Å². The minimum atomic E-state index is 0. The van der Waals surface area contributed by atoms with E-state index in [2.05, 4.69) is 22.1 Å². The molecule has 0 aliphatic rings. The average Bonchev–Trinajstić information content (AvgIpc) is 2.24. The second-order valence-corrected chi connectivity index (χ2v) is 1.91. The first kappa shape index (κ1) is 15.9. The first-order valence-electron chi connectivity index (χ1n) is 3.52. The molecule has 0 amide bonds. The number of rotatable bonds is 0. The van der Waals surface area contributed by atoms with Gasteiger partial charge >= 0.3 is 37.7 Å². The van der Waals surface area contributed by atoms with Crippen molar-refractivity contribution < 1.29 is 37.7 Å². The predicted molar refractivity (Wildman–Crippen MR) is 46.1 cm³/mol. The molecule has 0 saturated carbocycles. The van der Waals surface area contributed by atoms with Crippen LogP contribution in [0.4, 0.5) is 0 Å². The summed E-state index contributed by atoms with van der Waals surface area (Å²) in [7, 11) is 0. The smallest absolute Gasteiger partial charge is 0.304 e. The quantitative estimate of drug-likeness (QED) is 0.296. The van der Waals surface area contributed by atoms with Gasteiger partial charge in [-0.25, -0.2) is 24.3 Å². The monoisotopic (exact) mass is 170 g/mol. The van der Waals surface area contributed by atoms with Gasteiger partial charge in [0.2, 0.25) is 0 Å². The minimum absolute atomic E-state index is 0. The van der Waals surface area contributed by atoms with Crippen molar-refractivity contribution in [2.75, 3.05) is 0 Å². The minimum Gasteiger partial charge on any atom is -0.304 e. The first-order chi connectivity index (χ1) is 6.00. The van der Waals surface area contributed by atoms with E-state index in [1.54, 1.807) is 24.8 Å². The van der Waals surface area contributed by atoms with Crippen molar-refractivity contribution >= 4 is 0 Å². The maximum absolute atomic E-state index is 3.73. The molecule has 0 aromatic carbocycles. The van der Waals surface area contributed by atoms with E-state index < -0.39 is 0 Å². The molecule has 14 heavy (non-hydrogen) atoms.